The Bertz CT molecular complexity index is 1030. The Balaban J connectivity index is 1.40. The number of nitrogens with zero attached hydrogens (tertiary/aromatic N) is 2. The number of rotatable bonds is 4. The molecule has 0 aliphatic carbocycles. The molecule has 0 bridgehead atoms. The average Bonchev–Trinajstić information content (AvgIpc) is 3.16. The van der Waals surface area contributed by atoms with Gasteiger partial charge >= 0.3 is 12.1 Å². The molecule has 1 aliphatic rings. The van der Waals surface area contributed by atoms with E-state index >= 15 is 0 Å². The number of benzene rings is 2. The van der Waals surface area contributed by atoms with Crippen LogP contribution in [0, 0.1) is 0 Å². The molecule has 0 saturated carbocycles. The van der Waals surface area contributed by atoms with Crippen LogP contribution in [0.15, 0.2) is 41.9 Å². The third-order valence-corrected chi connectivity index (χ3v) is 5.84. The zero-order chi connectivity index (χ0) is 21.5. The predicted octanol–water partition coefficient (Wildman–Crippen LogP) is 5.70. The van der Waals surface area contributed by atoms with Gasteiger partial charge in [-0.1, -0.05) is 0 Å². The molecular formula is C20H17F5N2O2S. The Morgan fingerprint density at radius 2 is 1.70 bits per heavy atom. The van der Waals surface area contributed by atoms with Crippen LogP contribution in [0.1, 0.15) is 18.4 Å². The van der Waals surface area contributed by atoms with Crippen molar-refractivity contribution >= 4 is 27.2 Å². The lowest BCUT2D eigenvalue weighted by molar-refractivity contribution is -0.289. The summed E-state index contributed by atoms with van der Waals surface area (Å²) in [5, 5.41) is 9.94. The summed E-state index contributed by atoms with van der Waals surface area (Å²) in [7, 11) is 0. The number of phenolic OH excluding ortho intramolecular Hbond substituents is 1. The van der Waals surface area contributed by atoms with Crippen molar-refractivity contribution in [2.75, 3.05) is 18.0 Å². The Kier molecular flexibility index (Phi) is 5.21. The summed E-state index contributed by atoms with van der Waals surface area (Å²) in [5.41, 5.74) is 2.25. The normalized spacial score (nSPS) is 16.2. The number of fused-ring (bicyclic) bond motifs is 1. The van der Waals surface area contributed by atoms with Crippen LogP contribution in [-0.4, -0.2) is 35.5 Å². The highest BCUT2D eigenvalue weighted by molar-refractivity contribution is 7.16. The largest absolute Gasteiger partial charge is 0.508 e. The minimum atomic E-state index is -5.64. The number of alkyl halides is 5. The standard InChI is InChI=1S/C20H17F5N2O2S/c21-19(22,20(23,24)25)12-1-3-14(4-2-12)29-15-5-7-27(8-6-15)16-9-13(28)10-17-18(16)26-11-30-17/h1-4,9-11,15,28H,5-8H2. The quantitative estimate of drug-likeness (QED) is 0.524. The average molecular weight is 444 g/mol. The van der Waals surface area contributed by atoms with Crippen LogP contribution in [0.25, 0.3) is 10.2 Å². The van der Waals surface area contributed by atoms with E-state index in [2.05, 4.69) is 9.88 Å². The third kappa shape index (κ3) is 3.88. The predicted molar refractivity (Wildman–Crippen MR) is 104 cm³/mol. The smallest absolute Gasteiger partial charge is 0.458 e. The fourth-order valence-electron chi connectivity index (χ4n) is 3.49. The van der Waals surface area contributed by atoms with Gasteiger partial charge in [-0.2, -0.15) is 22.0 Å². The van der Waals surface area contributed by atoms with Crippen molar-refractivity contribution in [2.45, 2.75) is 31.0 Å². The lowest BCUT2D eigenvalue weighted by Crippen LogP contribution is -2.38. The maximum absolute atomic E-state index is 13.4. The van der Waals surface area contributed by atoms with Gasteiger partial charge in [0, 0.05) is 37.6 Å². The molecule has 30 heavy (non-hydrogen) atoms. The first-order valence-corrected chi connectivity index (χ1v) is 10.1. The SMILES string of the molecule is Oc1cc(N2CCC(Oc3ccc(C(F)(F)C(F)(F)F)cc3)CC2)c2ncsc2c1. The first-order chi connectivity index (χ1) is 14.1. The van der Waals surface area contributed by atoms with Crippen LogP contribution in [0.2, 0.25) is 0 Å². The number of hydrogen-bond donors (Lipinski definition) is 1. The molecule has 2 aromatic carbocycles. The van der Waals surface area contributed by atoms with E-state index in [1.165, 1.54) is 11.3 Å². The second kappa shape index (κ2) is 7.57. The maximum Gasteiger partial charge on any atom is 0.458 e. The summed E-state index contributed by atoms with van der Waals surface area (Å²) >= 11 is 1.44. The molecule has 0 radical (unpaired) electrons. The zero-order valence-corrected chi connectivity index (χ0v) is 16.3. The lowest BCUT2D eigenvalue weighted by atomic mass is 10.1. The molecule has 1 aliphatic heterocycles. The fraction of sp³-hybridized carbons (Fsp3) is 0.350. The number of ether oxygens (including phenoxy) is 1. The Hall–Kier alpha value is -2.62. The molecule has 1 saturated heterocycles. The number of thiazole rings is 1. The summed E-state index contributed by atoms with van der Waals surface area (Å²) in [5.74, 6) is -4.50. The number of aromatic nitrogens is 1. The van der Waals surface area contributed by atoms with E-state index in [1.54, 1.807) is 17.6 Å². The van der Waals surface area contributed by atoms with Crippen molar-refractivity contribution in [3.63, 3.8) is 0 Å². The first kappa shape index (κ1) is 20.6. The number of hydrogen-bond acceptors (Lipinski definition) is 5. The molecule has 1 fully saturated rings. The lowest BCUT2D eigenvalue weighted by Gasteiger charge is -2.34. The van der Waals surface area contributed by atoms with E-state index in [4.69, 9.17) is 4.74 Å². The highest BCUT2D eigenvalue weighted by Gasteiger charge is 2.58. The third-order valence-electron chi connectivity index (χ3n) is 5.06. The molecule has 0 spiro atoms. The second-order valence-electron chi connectivity index (χ2n) is 7.06. The van der Waals surface area contributed by atoms with Gasteiger partial charge in [-0.05, 0) is 30.3 Å². The van der Waals surface area contributed by atoms with Gasteiger partial charge < -0.3 is 14.7 Å². The molecule has 10 heteroatoms. The Labute approximate surface area is 172 Å². The molecule has 3 aromatic rings. The van der Waals surface area contributed by atoms with Gasteiger partial charge in [-0.25, -0.2) is 4.98 Å². The minimum Gasteiger partial charge on any atom is -0.508 e. The highest BCUT2D eigenvalue weighted by Crippen LogP contribution is 2.44. The van der Waals surface area contributed by atoms with Gasteiger partial charge in [0.05, 0.1) is 15.9 Å². The van der Waals surface area contributed by atoms with E-state index in [-0.39, 0.29) is 17.6 Å². The van der Waals surface area contributed by atoms with Gasteiger partial charge in [-0.15, -0.1) is 11.3 Å². The maximum atomic E-state index is 13.4. The van der Waals surface area contributed by atoms with Crippen LogP contribution in [0.3, 0.4) is 0 Å². The Morgan fingerprint density at radius 3 is 2.33 bits per heavy atom. The summed E-state index contributed by atoms with van der Waals surface area (Å²) < 4.78 is 70.8. The number of halogens is 5. The first-order valence-electron chi connectivity index (χ1n) is 9.18. The zero-order valence-electron chi connectivity index (χ0n) is 15.5. The Morgan fingerprint density at radius 1 is 1.03 bits per heavy atom. The summed E-state index contributed by atoms with van der Waals surface area (Å²) in [4.78, 5) is 6.45. The van der Waals surface area contributed by atoms with Crippen molar-refractivity contribution in [3.05, 3.63) is 47.5 Å². The molecular weight excluding hydrogens is 427 g/mol. The number of aromatic hydroxyl groups is 1. The van der Waals surface area contributed by atoms with Crippen molar-refractivity contribution < 1.29 is 31.8 Å². The summed E-state index contributed by atoms with van der Waals surface area (Å²) in [6.07, 6.45) is -4.58. The van der Waals surface area contributed by atoms with Crippen molar-refractivity contribution in [2.24, 2.45) is 0 Å². The number of phenols is 1. The summed E-state index contributed by atoms with van der Waals surface area (Å²) in [6.45, 7) is 1.26. The molecule has 160 valence electrons. The van der Waals surface area contributed by atoms with Gasteiger partial charge in [0.2, 0.25) is 0 Å². The molecule has 4 nitrogen and oxygen atoms in total. The topological polar surface area (TPSA) is 45.6 Å². The monoisotopic (exact) mass is 444 g/mol. The number of piperidine rings is 1. The molecule has 0 unspecified atom stereocenters. The minimum absolute atomic E-state index is 0.163. The molecule has 2 heterocycles. The van der Waals surface area contributed by atoms with Crippen molar-refractivity contribution in [3.8, 4) is 11.5 Å². The van der Waals surface area contributed by atoms with Gasteiger partial charge in [0.25, 0.3) is 0 Å². The van der Waals surface area contributed by atoms with E-state index in [0.717, 1.165) is 40.2 Å². The van der Waals surface area contributed by atoms with E-state index in [0.29, 0.717) is 25.9 Å². The van der Waals surface area contributed by atoms with E-state index < -0.39 is 17.7 Å². The van der Waals surface area contributed by atoms with E-state index in [1.807, 2.05) is 0 Å². The van der Waals surface area contributed by atoms with E-state index in [9.17, 15) is 27.1 Å². The highest BCUT2D eigenvalue weighted by atomic mass is 32.1. The van der Waals surface area contributed by atoms with Crippen molar-refractivity contribution in [1.29, 1.82) is 0 Å². The molecule has 1 aromatic heterocycles. The van der Waals surface area contributed by atoms with Gasteiger partial charge in [0.15, 0.2) is 0 Å². The molecule has 0 atom stereocenters. The summed E-state index contributed by atoms with van der Waals surface area (Å²) in [6, 6.07) is 7.08. The van der Waals surface area contributed by atoms with Gasteiger partial charge in [-0.3, -0.25) is 0 Å². The van der Waals surface area contributed by atoms with Crippen LogP contribution >= 0.6 is 11.3 Å². The molecule has 0 amide bonds. The van der Waals surface area contributed by atoms with Crippen LogP contribution in [0.4, 0.5) is 27.6 Å². The molecule has 4 rings (SSSR count). The van der Waals surface area contributed by atoms with Crippen LogP contribution in [0.5, 0.6) is 11.5 Å². The fourth-order valence-corrected chi connectivity index (χ4v) is 4.22. The van der Waals surface area contributed by atoms with Crippen LogP contribution in [-0.2, 0) is 5.92 Å². The molecule has 1 N–H and O–H groups in total. The second-order valence-corrected chi connectivity index (χ2v) is 7.95. The van der Waals surface area contributed by atoms with Gasteiger partial charge in [0.1, 0.15) is 23.1 Å². The van der Waals surface area contributed by atoms with Crippen molar-refractivity contribution in [1.82, 2.24) is 4.98 Å². The van der Waals surface area contributed by atoms with Crippen LogP contribution < -0.4 is 9.64 Å². The number of anilines is 1.